The number of hydrogen-bond acceptors (Lipinski definition) is 3. The molecule has 0 bridgehead atoms. The lowest BCUT2D eigenvalue weighted by molar-refractivity contribution is -0.673. The molecule has 0 fully saturated rings. The van der Waals surface area contributed by atoms with Crippen LogP contribution in [-0.2, 0) is 6.54 Å². The van der Waals surface area contributed by atoms with Crippen molar-refractivity contribution >= 4 is 23.1 Å². The lowest BCUT2D eigenvalue weighted by Crippen LogP contribution is -3.00. The van der Waals surface area contributed by atoms with Gasteiger partial charge in [-0.05, 0) is 18.2 Å². The monoisotopic (exact) mass is 505 g/mol. The Bertz CT molecular complexity index is 960. The van der Waals surface area contributed by atoms with Crippen molar-refractivity contribution in [1.29, 1.82) is 0 Å². The summed E-state index contributed by atoms with van der Waals surface area (Å²) in [6.07, 6.45) is 6.45. The second kappa shape index (κ2) is 11.0. The smallest absolute Gasteiger partial charge is 0.212 e. The molecule has 0 aliphatic rings. The van der Waals surface area contributed by atoms with E-state index in [0.717, 1.165) is 30.6 Å². The van der Waals surface area contributed by atoms with Crippen LogP contribution in [0.1, 0.15) is 31.0 Å². The van der Waals surface area contributed by atoms with Gasteiger partial charge in [0, 0.05) is 42.1 Å². The van der Waals surface area contributed by atoms with Crippen molar-refractivity contribution in [2.24, 2.45) is 0 Å². The van der Waals surface area contributed by atoms with Crippen molar-refractivity contribution in [1.82, 2.24) is 0 Å². The standard InChI is InChI=1S/C24H28NO3.HI/c1-5-6-15-25-19(12-11-18-9-7-8-10-22(18)25)13-14-21-23(27-3)16-20(26-2)17-24(21)28-4;/h7-14,16-17H,5-6,15H2,1-4H3;1H/q+1;/p-1/b14-13+;. The van der Waals surface area contributed by atoms with E-state index >= 15 is 0 Å². The van der Waals surface area contributed by atoms with Crippen LogP contribution in [0.25, 0.3) is 23.1 Å². The highest BCUT2D eigenvalue weighted by Gasteiger charge is 2.15. The number of para-hydroxylation sites is 1. The summed E-state index contributed by atoms with van der Waals surface area (Å²) >= 11 is 0. The number of benzene rings is 2. The Labute approximate surface area is 190 Å². The van der Waals surface area contributed by atoms with E-state index in [9.17, 15) is 0 Å². The average Bonchev–Trinajstić information content (AvgIpc) is 2.75. The SMILES string of the molecule is CCCC[n+]1c(/C=C/c2c(OC)cc(OC)cc2OC)ccc2ccccc21.[I-]. The maximum Gasteiger partial charge on any atom is 0.212 e. The number of aryl methyl sites for hydroxylation is 1. The Balaban J connectivity index is 0.00000300. The van der Waals surface area contributed by atoms with Crippen molar-refractivity contribution in [3.8, 4) is 17.2 Å². The highest BCUT2D eigenvalue weighted by atomic mass is 127. The molecule has 0 amide bonds. The fourth-order valence-corrected chi connectivity index (χ4v) is 3.36. The molecule has 29 heavy (non-hydrogen) atoms. The number of fused-ring (bicyclic) bond motifs is 1. The molecule has 0 saturated carbocycles. The predicted octanol–water partition coefficient (Wildman–Crippen LogP) is 2.13. The molecule has 154 valence electrons. The molecule has 3 rings (SSSR count). The fraction of sp³-hybridized carbons (Fsp3) is 0.292. The predicted molar refractivity (Wildman–Crippen MR) is 114 cm³/mol. The zero-order valence-electron chi connectivity index (χ0n) is 17.4. The van der Waals surface area contributed by atoms with Crippen LogP contribution in [0.2, 0.25) is 0 Å². The molecule has 0 atom stereocenters. The molecule has 1 heterocycles. The molecule has 0 aliphatic carbocycles. The molecule has 1 aromatic heterocycles. The Hall–Kier alpha value is -2.28. The molecule has 3 aromatic rings. The van der Waals surface area contributed by atoms with Gasteiger partial charge in [0.15, 0.2) is 0 Å². The first-order valence-electron chi connectivity index (χ1n) is 9.61. The third-order valence-corrected chi connectivity index (χ3v) is 4.88. The van der Waals surface area contributed by atoms with Crippen molar-refractivity contribution in [2.45, 2.75) is 26.3 Å². The topological polar surface area (TPSA) is 31.6 Å². The molecule has 0 radical (unpaired) electrons. The van der Waals surface area contributed by atoms with Crippen LogP contribution in [0.5, 0.6) is 17.2 Å². The summed E-state index contributed by atoms with van der Waals surface area (Å²) in [4.78, 5) is 0. The molecular weight excluding hydrogens is 477 g/mol. The average molecular weight is 505 g/mol. The van der Waals surface area contributed by atoms with Gasteiger partial charge in [-0.2, -0.15) is 4.57 Å². The zero-order valence-corrected chi connectivity index (χ0v) is 19.6. The van der Waals surface area contributed by atoms with E-state index in [1.165, 1.54) is 10.9 Å². The van der Waals surface area contributed by atoms with Crippen molar-refractivity contribution in [2.75, 3.05) is 21.3 Å². The first kappa shape index (κ1) is 23.0. The number of rotatable bonds is 8. The van der Waals surface area contributed by atoms with Gasteiger partial charge in [0.05, 0.1) is 26.9 Å². The van der Waals surface area contributed by atoms with Crippen LogP contribution < -0.4 is 42.8 Å². The zero-order chi connectivity index (χ0) is 19.9. The minimum Gasteiger partial charge on any atom is -1.00 e. The van der Waals surface area contributed by atoms with Crippen molar-refractivity contribution < 1.29 is 42.8 Å². The first-order chi connectivity index (χ1) is 13.7. The van der Waals surface area contributed by atoms with Crippen LogP contribution in [0, 0.1) is 0 Å². The lowest BCUT2D eigenvalue weighted by Gasteiger charge is -2.12. The van der Waals surface area contributed by atoms with Gasteiger partial charge < -0.3 is 38.2 Å². The third kappa shape index (κ3) is 5.21. The molecule has 0 N–H and O–H groups in total. The fourth-order valence-electron chi connectivity index (χ4n) is 3.36. The molecule has 0 spiro atoms. The van der Waals surface area contributed by atoms with E-state index in [-0.39, 0.29) is 24.0 Å². The highest BCUT2D eigenvalue weighted by molar-refractivity contribution is 5.79. The maximum absolute atomic E-state index is 5.57. The summed E-state index contributed by atoms with van der Waals surface area (Å²) in [5.74, 6) is 2.14. The number of unbranched alkanes of at least 4 members (excludes halogenated alkanes) is 1. The quantitative estimate of drug-likeness (QED) is 0.348. The van der Waals surface area contributed by atoms with E-state index < -0.39 is 0 Å². The van der Waals surface area contributed by atoms with Gasteiger partial charge in [0.1, 0.15) is 23.8 Å². The maximum atomic E-state index is 5.57. The lowest BCUT2D eigenvalue weighted by atomic mass is 10.1. The molecular formula is C24H28INO3. The van der Waals surface area contributed by atoms with Gasteiger partial charge in [0.25, 0.3) is 0 Å². The van der Waals surface area contributed by atoms with Crippen LogP contribution >= 0.6 is 0 Å². The summed E-state index contributed by atoms with van der Waals surface area (Å²) in [5, 5.41) is 1.25. The summed E-state index contributed by atoms with van der Waals surface area (Å²) in [5.41, 5.74) is 3.28. The van der Waals surface area contributed by atoms with Gasteiger partial charge >= 0.3 is 0 Å². The van der Waals surface area contributed by atoms with Crippen molar-refractivity contribution in [3.63, 3.8) is 0 Å². The van der Waals surface area contributed by atoms with Crippen LogP contribution in [0.3, 0.4) is 0 Å². The molecule has 2 aromatic carbocycles. The summed E-state index contributed by atoms with van der Waals surface area (Å²) < 4.78 is 18.8. The van der Waals surface area contributed by atoms with Gasteiger partial charge in [-0.3, -0.25) is 0 Å². The van der Waals surface area contributed by atoms with Crippen LogP contribution in [0.4, 0.5) is 0 Å². The number of ether oxygens (including phenoxy) is 3. The number of methoxy groups -OCH3 is 3. The minimum atomic E-state index is 0. The van der Waals surface area contributed by atoms with Crippen molar-refractivity contribution in [3.05, 3.63) is 59.8 Å². The number of pyridine rings is 1. The molecule has 0 unspecified atom stereocenters. The molecule has 5 heteroatoms. The highest BCUT2D eigenvalue weighted by Crippen LogP contribution is 2.35. The number of aromatic nitrogens is 1. The third-order valence-electron chi connectivity index (χ3n) is 4.88. The molecule has 0 aliphatic heterocycles. The van der Waals surface area contributed by atoms with Crippen LogP contribution in [0.15, 0.2) is 48.5 Å². The summed E-state index contributed by atoms with van der Waals surface area (Å²) in [6, 6.07) is 16.6. The summed E-state index contributed by atoms with van der Waals surface area (Å²) in [7, 11) is 4.95. The normalized spacial score (nSPS) is 10.8. The number of hydrogen-bond donors (Lipinski definition) is 0. The molecule has 4 nitrogen and oxygen atoms in total. The molecule has 0 saturated heterocycles. The Morgan fingerprint density at radius 1 is 0.862 bits per heavy atom. The van der Waals surface area contributed by atoms with Gasteiger partial charge in [0.2, 0.25) is 11.2 Å². The van der Waals surface area contributed by atoms with E-state index in [0.29, 0.717) is 17.2 Å². The Morgan fingerprint density at radius 3 is 2.17 bits per heavy atom. The van der Waals surface area contributed by atoms with Gasteiger partial charge in [-0.15, -0.1) is 0 Å². The van der Waals surface area contributed by atoms with E-state index in [2.05, 4.69) is 54.0 Å². The first-order valence-corrected chi connectivity index (χ1v) is 9.61. The Kier molecular flexibility index (Phi) is 8.76. The summed E-state index contributed by atoms with van der Waals surface area (Å²) in [6.45, 7) is 3.20. The number of nitrogens with zero attached hydrogens (tertiary/aromatic N) is 1. The van der Waals surface area contributed by atoms with Gasteiger partial charge in [-0.1, -0.05) is 25.5 Å². The van der Waals surface area contributed by atoms with E-state index in [4.69, 9.17) is 14.2 Å². The second-order valence-electron chi connectivity index (χ2n) is 6.60. The largest absolute Gasteiger partial charge is 1.00 e. The van der Waals surface area contributed by atoms with Gasteiger partial charge in [-0.25, -0.2) is 0 Å². The minimum absolute atomic E-state index is 0. The van der Waals surface area contributed by atoms with E-state index in [1.54, 1.807) is 21.3 Å². The second-order valence-corrected chi connectivity index (χ2v) is 6.60. The van der Waals surface area contributed by atoms with E-state index in [1.807, 2.05) is 18.2 Å². The number of halogens is 1. The Morgan fingerprint density at radius 2 is 1.55 bits per heavy atom. The van der Waals surface area contributed by atoms with Crippen LogP contribution in [-0.4, -0.2) is 21.3 Å².